The molecule has 116 valence electrons. The third-order valence-corrected chi connectivity index (χ3v) is 2.99. The van der Waals surface area contributed by atoms with Crippen molar-refractivity contribution < 1.29 is 19.9 Å². The lowest BCUT2D eigenvalue weighted by molar-refractivity contribution is -0.386. The lowest BCUT2D eigenvalue weighted by Crippen LogP contribution is -2.22. The van der Waals surface area contributed by atoms with E-state index in [1.807, 2.05) is 0 Å². The second-order valence-electron chi connectivity index (χ2n) is 4.55. The van der Waals surface area contributed by atoms with Crippen LogP contribution in [0.15, 0.2) is 42.3 Å². The van der Waals surface area contributed by atoms with E-state index in [-0.39, 0.29) is 11.1 Å². The van der Waals surface area contributed by atoms with Crippen LogP contribution in [-0.2, 0) is 4.79 Å². The quantitative estimate of drug-likeness (QED) is 0.289. The van der Waals surface area contributed by atoms with Crippen molar-refractivity contribution in [1.29, 1.82) is 5.26 Å². The Morgan fingerprint density at radius 2 is 2.00 bits per heavy atom. The van der Waals surface area contributed by atoms with E-state index in [9.17, 15) is 25.1 Å². The van der Waals surface area contributed by atoms with Gasteiger partial charge in [0.1, 0.15) is 11.6 Å². The number of amides is 1. The number of allylic oxidation sites excluding steroid dienone is 2. The average molecular weight is 313 g/mol. The lowest BCUT2D eigenvalue weighted by atomic mass is 10.1. The molecule has 0 fully saturated rings. The molecule has 0 saturated heterocycles. The van der Waals surface area contributed by atoms with Gasteiger partial charge in [-0.15, -0.1) is 0 Å². The van der Waals surface area contributed by atoms with Crippen LogP contribution in [0.5, 0.6) is 11.5 Å². The highest BCUT2D eigenvalue weighted by atomic mass is 16.6. The minimum absolute atomic E-state index is 0.0434. The molecule has 0 spiro atoms. The van der Waals surface area contributed by atoms with Crippen LogP contribution in [0.4, 0.5) is 5.69 Å². The van der Waals surface area contributed by atoms with Crippen molar-refractivity contribution in [1.82, 2.24) is 4.90 Å². The van der Waals surface area contributed by atoms with Crippen LogP contribution in [0.25, 0.3) is 6.08 Å². The predicted molar refractivity (Wildman–Crippen MR) is 79.8 cm³/mol. The summed E-state index contributed by atoms with van der Waals surface area (Å²) in [5.74, 6) is -2.21. The topological polar surface area (TPSA) is 128 Å². The van der Waals surface area contributed by atoms with E-state index in [1.165, 1.54) is 17.3 Å². The normalized spacial score (nSPS) is 13.7. The molecule has 2 N–H and O–H groups in total. The number of nitriles is 1. The van der Waals surface area contributed by atoms with Crippen molar-refractivity contribution in [2.45, 2.75) is 6.42 Å². The summed E-state index contributed by atoms with van der Waals surface area (Å²) in [6, 6.07) is 3.70. The van der Waals surface area contributed by atoms with Crippen molar-refractivity contribution in [2.24, 2.45) is 0 Å². The van der Waals surface area contributed by atoms with Gasteiger partial charge in [0.05, 0.1) is 4.92 Å². The smallest absolute Gasteiger partial charge is 0.315 e. The molecule has 0 aromatic heterocycles. The number of carbonyl (C=O) groups is 1. The summed E-state index contributed by atoms with van der Waals surface area (Å²) in [5, 5.41) is 38.9. The Morgan fingerprint density at radius 3 is 2.57 bits per heavy atom. The summed E-state index contributed by atoms with van der Waals surface area (Å²) in [6.45, 7) is 0. The second-order valence-corrected chi connectivity index (χ2v) is 4.55. The number of aromatic hydroxyl groups is 2. The van der Waals surface area contributed by atoms with Crippen molar-refractivity contribution in [3.8, 4) is 17.6 Å². The SMILES string of the molecule is N#C/C(=C\c1cc(O)c(O)c([N+](=O)[O-])c1)C(=O)N1C=CCC=C1. The Morgan fingerprint density at radius 1 is 1.35 bits per heavy atom. The molecule has 1 amide bonds. The number of phenols is 2. The number of nitrogens with zero attached hydrogens (tertiary/aromatic N) is 3. The van der Waals surface area contributed by atoms with Crippen LogP contribution in [0, 0.1) is 21.4 Å². The minimum atomic E-state index is -0.879. The maximum absolute atomic E-state index is 12.2. The first-order valence-corrected chi connectivity index (χ1v) is 6.42. The van der Waals surface area contributed by atoms with E-state index >= 15 is 0 Å². The van der Waals surface area contributed by atoms with Crippen molar-refractivity contribution in [3.05, 3.63) is 57.9 Å². The van der Waals surface area contributed by atoms with Gasteiger partial charge in [0.25, 0.3) is 5.91 Å². The number of hydrogen-bond donors (Lipinski definition) is 2. The van der Waals surface area contributed by atoms with E-state index in [0.717, 1.165) is 18.2 Å². The average Bonchev–Trinajstić information content (AvgIpc) is 2.55. The molecule has 1 aromatic carbocycles. The minimum Gasteiger partial charge on any atom is -0.504 e. The molecule has 0 aliphatic carbocycles. The van der Waals surface area contributed by atoms with Crippen LogP contribution in [-0.4, -0.2) is 25.9 Å². The number of hydrogen-bond acceptors (Lipinski definition) is 6. The number of nitro groups is 1. The summed E-state index contributed by atoms with van der Waals surface area (Å²) >= 11 is 0. The Kier molecular flexibility index (Phi) is 4.42. The summed E-state index contributed by atoms with van der Waals surface area (Å²) < 4.78 is 0. The molecule has 8 heteroatoms. The van der Waals surface area contributed by atoms with E-state index in [4.69, 9.17) is 5.26 Å². The lowest BCUT2D eigenvalue weighted by Gasteiger charge is -2.15. The number of nitro benzene ring substituents is 1. The van der Waals surface area contributed by atoms with E-state index in [1.54, 1.807) is 18.2 Å². The molecule has 0 unspecified atom stereocenters. The van der Waals surface area contributed by atoms with E-state index in [0.29, 0.717) is 6.42 Å². The molecule has 8 nitrogen and oxygen atoms in total. The highest BCUT2D eigenvalue weighted by Crippen LogP contribution is 2.36. The molecular formula is C15H11N3O5. The highest BCUT2D eigenvalue weighted by molar-refractivity contribution is 6.02. The molecule has 1 aliphatic rings. The summed E-state index contributed by atoms with van der Waals surface area (Å²) in [4.78, 5) is 23.3. The number of rotatable bonds is 3. The van der Waals surface area contributed by atoms with Gasteiger partial charge in [-0.25, -0.2) is 0 Å². The van der Waals surface area contributed by atoms with Gasteiger partial charge < -0.3 is 10.2 Å². The molecular weight excluding hydrogens is 302 g/mol. The summed E-state index contributed by atoms with van der Waals surface area (Å²) in [7, 11) is 0. The second kappa shape index (κ2) is 6.44. The van der Waals surface area contributed by atoms with Gasteiger partial charge in [0.2, 0.25) is 5.75 Å². The van der Waals surface area contributed by atoms with Gasteiger partial charge in [-0.3, -0.25) is 19.8 Å². The molecule has 0 atom stereocenters. The van der Waals surface area contributed by atoms with Crippen LogP contribution < -0.4 is 0 Å². The van der Waals surface area contributed by atoms with Crippen LogP contribution in [0.3, 0.4) is 0 Å². The number of phenolic OH excluding ortho intramolecular Hbond substituents is 2. The highest BCUT2D eigenvalue weighted by Gasteiger charge is 2.20. The van der Waals surface area contributed by atoms with Gasteiger partial charge in [-0.1, -0.05) is 12.2 Å². The molecule has 0 saturated carbocycles. The largest absolute Gasteiger partial charge is 0.504 e. The maximum atomic E-state index is 12.2. The fraction of sp³-hybridized carbons (Fsp3) is 0.0667. The van der Waals surface area contributed by atoms with Crippen molar-refractivity contribution >= 4 is 17.7 Å². The zero-order valence-corrected chi connectivity index (χ0v) is 11.7. The predicted octanol–water partition coefficient (Wildman–Crippen LogP) is 2.17. The first kappa shape index (κ1) is 15.8. The third-order valence-electron chi connectivity index (χ3n) is 2.99. The van der Waals surface area contributed by atoms with Gasteiger partial charge in [-0.05, 0) is 24.1 Å². The number of benzene rings is 1. The molecule has 2 rings (SSSR count). The van der Waals surface area contributed by atoms with Crippen molar-refractivity contribution in [3.63, 3.8) is 0 Å². The Bertz CT molecular complexity index is 790. The summed E-state index contributed by atoms with van der Waals surface area (Å²) in [5.41, 5.74) is -0.957. The monoisotopic (exact) mass is 313 g/mol. The van der Waals surface area contributed by atoms with Crippen molar-refractivity contribution in [2.75, 3.05) is 0 Å². The fourth-order valence-corrected chi connectivity index (χ4v) is 1.91. The van der Waals surface area contributed by atoms with Gasteiger partial charge in [0.15, 0.2) is 5.75 Å². The molecule has 0 radical (unpaired) electrons. The van der Waals surface area contributed by atoms with Gasteiger partial charge in [0, 0.05) is 18.5 Å². The Labute approximate surface area is 130 Å². The fourth-order valence-electron chi connectivity index (χ4n) is 1.91. The van der Waals surface area contributed by atoms with Gasteiger partial charge >= 0.3 is 5.69 Å². The van der Waals surface area contributed by atoms with Crippen LogP contribution in [0.1, 0.15) is 12.0 Å². The molecule has 23 heavy (non-hydrogen) atoms. The molecule has 1 heterocycles. The zero-order chi connectivity index (χ0) is 17.0. The van der Waals surface area contributed by atoms with E-state index < -0.39 is 28.0 Å². The first-order chi connectivity index (χ1) is 10.9. The Balaban J connectivity index is 2.42. The van der Waals surface area contributed by atoms with Crippen LogP contribution in [0.2, 0.25) is 0 Å². The number of carbonyl (C=O) groups excluding carboxylic acids is 1. The summed E-state index contributed by atoms with van der Waals surface area (Å²) in [6.07, 6.45) is 8.24. The molecule has 1 aliphatic heterocycles. The van der Waals surface area contributed by atoms with Crippen LogP contribution >= 0.6 is 0 Å². The zero-order valence-electron chi connectivity index (χ0n) is 11.7. The van der Waals surface area contributed by atoms with Gasteiger partial charge in [-0.2, -0.15) is 5.26 Å². The third kappa shape index (κ3) is 3.36. The first-order valence-electron chi connectivity index (χ1n) is 6.42. The molecule has 0 bridgehead atoms. The standard InChI is InChI=1S/C15H11N3O5/c16-9-11(15(21)17-4-2-1-3-5-17)6-10-7-12(18(22)23)14(20)13(19)8-10/h2-8,19-20H,1H2/b11-6+. The Hall–Kier alpha value is -3.60. The van der Waals surface area contributed by atoms with E-state index in [2.05, 4.69) is 0 Å². The maximum Gasteiger partial charge on any atom is 0.315 e. The molecule has 1 aromatic rings.